The molecule has 0 radical (unpaired) electrons. The van der Waals surface area contributed by atoms with Crippen molar-refractivity contribution in [1.29, 1.82) is 0 Å². The van der Waals surface area contributed by atoms with Crippen LogP contribution in [0.4, 0.5) is 0 Å². The van der Waals surface area contributed by atoms with E-state index in [0.717, 1.165) is 16.2 Å². The molecule has 11 heteroatoms. The maximum Gasteiger partial charge on any atom is 0.296 e. The Bertz CT molecular complexity index is 2420. The van der Waals surface area contributed by atoms with Crippen molar-refractivity contribution in [2.75, 3.05) is 0 Å². The van der Waals surface area contributed by atoms with E-state index in [-0.39, 0.29) is 32.5 Å². The molecule has 41 heavy (non-hydrogen) atoms. The van der Waals surface area contributed by atoms with Crippen LogP contribution in [0.2, 0.25) is 10.0 Å². The minimum Gasteiger partial charge on any atom is -0.292 e. The molecule has 0 aromatic heterocycles. The van der Waals surface area contributed by atoms with Gasteiger partial charge in [0.15, 0.2) is 11.0 Å². The summed E-state index contributed by atoms with van der Waals surface area (Å²) in [6.07, 6.45) is 0. The summed E-state index contributed by atoms with van der Waals surface area (Å²) in [7, 11) is -10.3. The lowest BCUT2D eigenvalue weighted by molar-refractivity contribution is 0.0983. The largest absolute Gasteiger partial charge is 0.296 e. The Kier molecular flexibility index (Phi) is 5.60. The second kappa shape index (κ2) is 8.72. The monoisotopic (exact) mass is 622 g/mol. The fourth-order valence-electron chi connectivity index (χ4n) is 6.11. The molecule has 0 amide bonds. The van der Waals surface area contributed by atoms with Gasteiger partial charge in [0.1, 0.15) is 4.90 Å². The van der Waals surface area contributed by atoms with Gasteiger partial charge in [-0.1, -0.05) is 83.9 Å². The van der Waals surface area contributed by atoms with Crippen LogP contribution in [0.25, 0.3) is 54.2 Å². The van der Waals surface area contributed by atoms with E-state index < -0.39 is 41.2 Å². The molecule has 6 aromatic carbocycles. The maximum absolute atomic E-state index is 13.7. The van der Waals surface area contributed by atoms with Crippen LogP contribution < -0.4 is 0 Å². The Hall–Kier alpha value is -3.57. The number of rotatable bonds is 2. The number of hydrogen-bond acceptors (Lipinski definition) is 5. The quantitative estimate of drug-likeness (QED) is 0.115. The fraction of sp³-hybridized carbons (Fsp3) is 0.0333. The number of halogens is 2. The molecule has 1 atom stereocenters. The second-order valence-corrected chi connectivity index (χ2v) is 13.5. The van der Waals surface area contributed by atoms with Gasteiger partial charge in [-0.15, -0.1) is 0 Å². The third-order valence-electron chi connectivity index (χ3n) is 7.66. The Balaban J connectivity index is 1.90. The van der Waals surface area contributed by atoms with Gasteiger partial charge in [-0.2, -0.15) is 16.8 Å². The zero-order chi connectivity index (χ0) is 29.0. The summed E-state index contributed by atoms with van der Waals surface area (Å²) >= 11 is 12.7. The Morgan fingerprint density at radius 2 is 1.29 bits per heavy atom. The number of ketones is 1. The van der Waals surface area contributed by atoms with Gasteiger partial charge in [0.2, 0.25) is 0 Å². The molecule has 0 aliphatic heterocycles. The van der Waals surface area contributed by atoms with Crippen LogP contribution in [-0.4, -0.2) is 31.7 Å². The van der Waals surface area contributed by atoms with E-state index in [1.165, 1.54) is 12.1 Å². The highest BCUT2D eigenvalue weighted by Gasteiger charge is 2.44. The molecule has 6 aromatic rings. The van der Waals surface area contributed by atoms with E-state index in [9.17, 15) is 30.7 Å². The number of carbonyl (C=O) groups is 1. The highest BCUT2D eigenvalue weighted by molar-refractivity contribution is 7.87. The van der Waals surface area contributed by atoms with E-state index in [1.807, 2.05) is 42.5 Å². The van der Waals surface area contributed by atoms with Gasteiger partial charge in [0.25, 0.3) is 20.2 Å². The maximum atomic E-state index is 13.7. The van der Waals surface area contributed by atoms with Crippen LogP contribution in [0.15, 0.2) is 83.8 Å². The Labute approximate surface area is 243 Å². The number of Topliss-reactive ketones (excluding diaryl/α,β-unsaturated/α-hetero) is 1. The molecule has 7 rings (SSSR count). The van der Waals surface area contributed by atoms with Crippen molar-refractivity contribution in [2.45, 2.75) is 10.1 Å². The molecule has 1 aliphatic carbocycles. The lowest BCUT2D eigenvalue weighted by Gasteiger charge is -2.29. The molecule has 0 heterocycles. The number of hydrogen-bond donors (Lipinski definition) is 2. The van der Waals surface area contributed by atoms with Gasteiger partial charge in [-0.3, -0.25) is 13.9 Å². The molecule has 7 nitrogen and oxygen atoms in total. The number of benzene rings is 6. The SMILES string of the molecule is O=C1c2ccccc2-c2c(c3c(S(=O)(=O)O)c(Cl)c(Cl)cc3c3ccc4cc5ccccc5cc4c23)C1S(=O)(=O)O. The van der Waals surface area contributed by atoms with Crippen LogP contribution in [0, 0.1) is 0 Å². The van der Waals surface area contributed by atoms with Crippen molar-refractivity contribution in [3.8, 4) is 11.1 Å². The van der Waals surface area contributed by atoms with E-state index in [0.29, 0.717) is 21.7 Å². The zero-order valence-corrected chi connectivity index (χ0v) is 23.7. The summed E-state index contributed by atoms with van der Waals surface area (Å²) in [5.41, 5.74) is 0.307. The van der Waals surface area contributed by atoms with Gasteiger partial charge < -0.3 is 0 Å². The Morgan fingerprint density at radius 1 is 0.659 bits per heavy atom. The minimum absolute atomic E-state index is 0.0366. The predicted octanol–water partition coefficient (Wildman–Crippen LogP) is 7.65. The number of carbonyl (C=O) groups excluding carboxylic acids is 1. The van der Waals surface area contributed by atoms with Crippen molar-refractivity contribution in [1.82, 2.24) is 0 Å². The third kappa shape index (κ3) is 3.74. The first-order valence-corrected chi connectivity index (χ1v) is 15.9. The van der Waals surface area contributed by atoms with Crippen molar-refractivity contribution in [2.24, 2.45) is 0 Å². The van der Waals surface area contributed by atoms with Gasteiger partial charge in [-0.25, -0.2) is 0 Å². The number of fused-ring (bicyclic) bond motifs is 11. The highest BCUT2D eigenvalue weighted by atomic mass is 35.5. The molecule has 0 fully saturated rings. The first kappa shape index (κ1) is 26.3. The molecule has 1 aliphatic rings. The smallest absolute Gasteiger partial charge is 0.292 e. The Morgan fingerprint density at radius 3 is 1.95 bits per heavy atom. The summed E-state index contributed by atoms with van der Waals surface area (Å²) < 4.78 is 72.3. The first-order valence-electron chi connectivity index (χ1n) is 12.2. The van der Waals surface area contributed by atoms with Crippen LogP contribution in [0.3, 0.4) is 0 Å². The standard InChI is InChI=1S/C30H16Cl2O7S2/c31-22-13-21-18-10-9-16-11-14-5-1-2-6-15(14)12-20(16)23(18)24-17-7-3-4-8-19(17)28(33)30(41(37,38)39)26(24)25(21)29(27(22)32)40(34,35)36/h1-13,30H,(H,34,35,36)(H,37,38,39). The highest BCUT2D eigenvalue weighted by Crippen LogP contribution is 2.53. The first-order chi connectivity index (χ1) is 19.4. The van der Waals surface area contributed by atoms with Crippen LogP contribution in [0.1, 0.15) is 21.2 Å². The molecular formula is C30H16Cl2O7S2. The van der Waals surface area contributed by atoms with Crippen molar-refractivity contribution < 1.29 is 30.7 Å². The summed E-state index contributed by atoms with van der Waals surface area (Å²) in [4.78, 5) is 12.9. The molecule has 1 unspecified atom stereocenters. The van der Waals surface area contributed by atoms with Crippen molar-refractivity contribution in [3.63, 3.8) is 0 Å². The van der Waals surface area contributed by atoms with Gasteiger partial charge in [0, 0.05) is 10.9 Å². The van der Waals surface area contributed by atoms with Crippen LogP contribution in [0.5, 0.6) is 0 Å². The summed E-state index contributed by atoms with van der Waals surface area (Å²) in [5, 5.41) is 1.20. The third-order valence-corrected chi connectivity index (χ3v) is 10.5. The normalized spacial score (nSPS) is 15.5. The van der Waals surface area contributed by atoms with E-state index in [1.54, 1.807) is 24.3 Å². The average molecular weight is 623 g/mol. The van der Waals surface area contributed by atoms with Gasteiger partial charge in [-0.05, 0) is 72.6 Å². The molecule has 0 bridgehead atoms. The average Bonchev–Trinajstić information content (AvgIpc) is 2.91. The van der Waals surface area contributed by atoms with Crippen LogP contribution >= 0.6 is 23.2 Å². The van der Waals surface area contributed by atoms with E-state index >= 15 is 0 Å². The fourth-order valence-corrected chi connectivity index (χ4v) is 8.55. The molecule has 0 spiro atoms. The molecule has 0 saturated heterocycles. The molecule has 204 valence electrons. The van der Waals surface area contributed by atoms with E-state index in [2.05, 4.69) is 0 Å². The lowest BCUT2D eigenvalue weighted by Crippen LogP contribution is -2.27. The molecule has 0 saturated carbocycles. The van der Waals surface area contributed by atoms with Crippen LogP contribution in [-0.2, 0) is 20.2 Å². The van der Waals surface area contributed by atoms with Gasteiger partial charge >= 0.3 is 0 Å². The second-order valence-electron chi connectivity index (χ2n) is 9.90. The minimum atomic E-state index is -5.17. The summed E-state index contributed by atoms with van der Waals surface area (Å²) in [5.74, 6) is -0.950. The summed E-state index contributed by atoms with van der Waals surface area (Å²) in [6.45, 7) is 0. The lowest BCUT2D eigenvalue weighted by atomic mass is 9.77. The zero-order valence-electron chi connectivity index (χ0n) is 20.6. The molecular weight excluding hydrogens is 607 g/mol. The van der Waals surface area contributed by atoms with Gasteiger partial charge in [0.05, 0.1) is 10.0 Å². The van der Waals surface area contributed by atoms with E-state index in [4.69, 9.17) is 23.2 Å². The molecule has 2 N–H and O–H groups in total. The predicted molar refractivity (Wildman–Crippen MR) is 160 cm³/mol. The summed E-state index contributed by atoms with van der Waals surface area (Å²) in [6, 6.07) is 22.8. The van der Waals surface area contributed by atoms with Crippen molar-refractivity contribution in [3.05, 3.63) is 100 Å². The topological polar surface area (TPSA) is 126 Å². The van der Waals surface area contributed by atoms with Crippen molar-refractivity contribution >= 4 is 92.3 Å².